The van der Waals surface area contributed by atoms with E-state index in [-0.39, 0.29) is 0 Å². The molecule has 144 valence electrons. The van der Waals surface area contributed by atoms with Gasteiger partial charge in [-0.3, -0.25) is 9.59 Å². The van der Waals surface area contributed by atoms with Gasteiger partial charge in [0, 0.05) is 0 Å². The van der Waals surface area contributed by atoms with E-state index in [0.29, 0.717) is 5.56 Å². The highest BCUT2D eigenvalue weighted by atomic mass is 19.4. The Morgan fingerprint density at radius 2 is 1.35 bits per heavy atom. The molecule has 0 radical (unpaired) electrons. The third-order valence-electron chi connectivity index (χ3n) is 2.81. The maximum Gasteiger partial charge on any atom is 0.422 e. The first kappa shape index (κ1) is 21.5. The molecule has 10 heteroatoms. The Balaban J connectivity index is 2.78. The minimum Gasteiger partial charge on any atom is -0.455 e. The van der Waals surface area contributed by atoms with E-state index in [2.05, 4.69) is 9.47 Å². The van der Waals surface area contributed by atoms with Crippen LogP contribution >= 0.6 is 0 Å². The maximum atomic E-state index is 12.1. The van der Waals surface area contributed by atoms with E-state index in [1.165, 1.54) is 12.2 Å². The predicted molar refractivity (Wildman–Crippen MR) is 77.6 cm³/mol. The summed E-state index contributed by atoms with van der Waals surface area (Å²) in [6.07, 6.45) is -7.46. The summed E-state index contributed by atoms with van der Waals surface area (Å²) < 4.78 is 80.5. The Labute approximate surface area is 144 Å². The van der Waals surface area contributed by atoms with E-state index in [9.17, 15) is 35.9 Å². The molecule has 0 saturated heterocycles. The van der Waals surface area contributed by atoms with Gasteiger partial charge in [-0.05, 0) is 12.0 Å². The summed E-state index contributed by atoms with van der Waals surface area (Å²) in [4.78, 5) is 23.3. The highest BCUT2D eigenvalue weighted by molar-refractivity contribution is 5.95. The van der Waals surface area contributed by atoms with Crippen molar-refractivity contribution in [2.45, 2.75) is 18.8 Å². The summed E-state index contributed by atoms with van der Waals surface area (Å²) in [6, 6.07) is 8.42. The molecular formula is C16H14F6O4. The van der Waals surface area contributed by atoms with Crippen molar-refractivity contribution in [3.05, 3.63) is 42.0 Å². The molecule has 0 N–H and O–H groups in total. The van der Waals surface area contributed by atoms with Crippen molar-refractivity contribution in [3.63, 3.8) is 0 Å². The molecule has 0 heterocycles. The van der Waals surface area contributed by atoms with Crippen molar-refractivity contribution < 1.29 is 45.4 Å². The molecule has 0 amide bonds. The van der Waals surface area contributed by atoms with Crippen LogP contribution in [0.15, 0.2) is 36.4 Å². The molecule has 1 aromatic rings. The summed E-state index contributed by atoms with van der Waals surface area (Å²) in [7, 11) is 0. The van der Waals surface area contributed by atoms with Crippen molar-refractivity contribution in [2.75, 3.05) is 13.2 Å². The molecule has 0 aliphatic heterocycles. The van der Waals surface area contributed by atoms with Crippen LogP contribution in [0.1, 0.15) is 12.0 Å². The Kier molecular flexibility index (Phi) is 7.66. The van der Waals surface area contributed by atoms with Crippen LogP contribution in [0.2, 0.25) is 0 Å². The summed E-state index contributed by atoms with van der Waals surface area (Å²) in [6.45, 7) is -3.92. The van der Waals surface area contributed by atoms with Gasteiger partial charge in [0.1, 0.15) is 0 Å². The number of halogens is 6. The lowest BCUT2D eigenvalue weighted by Crippen LogP contribution is -2.32. The highest BCUT2D eigenvalue weighted by Crippen LogP contribution is 2.20. The summed E-state index contributed by atoms with van der Waals surface area (Å²) in [5.74, 6) is -5.18. The molecule has 26 heavy (non-hydrogen) atoms. The van der Waals surface area contributed by atoms with Gasteiger partial charge in [0.05, 0.1) is 0 Å². The van der Waals surface area contributed by atoms with Gasteiger partial charge >= 0.3 is 24.3 Å². The number of benzene rings is 1. The molecule has 0 bridgehead atoms. The first-order valence-corrected chi connectivity index (χ1v) is 7.16. The van der Waals surface area contributed by atoms with Gasteiger partial charge in [-0.1, -0.05) is 42.5 Å². The Morgan fingerprint density at radius 1 is 0.885 bits per heavy atom. The topological polar surface area (TPSA) is 52.6 Å². The number of allylic oxidation sites excluding steroid dienone is 1. The predicted octanol–water partition coefficient (Wildman–Crippen LogP) is 3.92. The molecule has 0 atom stereocenters. The second-order valence-corrected chi connectivity index (χ2v) is 5.05. The van der Waals surface area contributed by atoms with Crippen molar-refractivity contribution >= 4 is 18.0 Å². The number of carbonyl (C=O) groups excluding carboxylic acids is 2. The van der Waals surface area contributed by atoms with Gasteiger partial charge in [-0.2, -0.15) is 26.3 Å². The van der Waals surface area contributed by atoms with Crippen molar-refractivity contribution in [3.8, 4) is 0 Å². The fraction of sp³-hybridized carbons (Fsp3) is 0.375. The molecule has 0 fully saturated rings. The number of ether oxygens (including phenoxy) is 2. The monoisotopic (exact) mass is 384 g/mol. The Bertz CT molecular complexity index is 592. The molecule has 0 aliphatic rings. The lowest BCUT2D eigenvalue weighted by atomic mass is 10.0. The number of carbonyl (C=O) groups is 2. The highest BCUT2D eigenvalue weighted by Gasteiger charge is 2.36. The summed E-state index contributed by atoms with van der Waals surface area (Å²) in [5, 5.41) is 0. The average Bonchev–Trinajstić information content (AvgIpc) is 2.54. The van der Waals surface area contributed by atoms with Crippen LogP contribution in [0, 0.1) is 5.92 Å². The Hall–Kier alpha value is -2.52. The molecule has 0 spiro atoms. The van der Waals surface area contributed by atoms with Crippen molar-refractivity contribution in [1.82, 2.24) is 0 Å². The lowest BCUT2D eigenvalue weighted by Gasteiger charge is -2.15. The number of esters is 2. The zero-order chi connectivity index (χ0) is 19.8. The van der Waals surface area contributed by atoms with Gasteiger partial charge in [0.2, 0.25) is 0 Å². The van der Waals surface area contributed by atoms with E-state index in [0.717, 1.165) is 0 Å². The molecule has 0 aliphatic carbocycles. The fourth-order valence-electron chi connectivity index (χ4n) is 1.70. The van der Waals surface area contributed by atoms with Crippen LogP contribution in [0.4, 0.5) is 26.3 Å². The van der Waals surface area contributed by atoms with Gasteiger partial charge < -0.3 is 9.47 Å². The largest absolute Gasteiger partial charge is 0.455 e. The molecule has 1 rings (SSSR count). The van der Waals surface area contributed by atoms with E-state index >= 15 is 0 Å². The Morgan fingerprint density at radius 3 is 1.77 bits per heavy atom. The van der Waals surface area contributed by atoms with Crippen LogP contribution in [-0.4, -0.2) is 37.5 Å². The lowest BCUT2D eigenvalue weighted by molar-refractivity contribution is -0.199. The van der Waals surface area contributed by atoms with E-state index in [1.54, 1.807) is 30.3 Å². The third kappa shape index (κ3) is 9.09. The van der Waals surface area contributed by atoms with Gasteiger partial charge in [-0.25, -0.2) is 0 Å². The quantitative estimate of drug-likeness (QED) is 0.406. The van der Waals surface area contributed by atoms with E-state index < -0.39 is 49.8 Å². The molecule has 0 aromatic heterocycles. The van der Waals surface area contributed by atoms with Crippen molar-refractivity contribution in [2.24, 2.45) is 5.92 Å². The zero-order valence-electron chi connectivity index (χ0n) is 13.1. The number of hydrogen-bond donors (Lipinski definition) is 0. The first-order valence-electron chi connectivity index (χ1n) is 7.16. The van der Waals surface area contributed by atoms with Crippen LogP contribution in [0.25, 0.3) is 6.08 Å². The number of rotatable bonds is 7. The van der Waals surface area contributed by atoms with Gasteiger partial charge in [0.15, 0.2) is 19.1 Å². The smallest absolute Gasteiger partial charge is 0.422 e. The van der Waals surface area contributed by atoms with Gasteiger partial charge in [-0.15, -0.1) is 0 Å². The van der Waals surface area contributed by atoms with Crippen LogP contribution in [0.3, 0.4) is 0 Å². The minimum absolute atomic E-state index is 0.484. The molecule has 1 aromatic carbocycles. The SMILES string of the molecule is O=C(OCC(F)(F)F)C(C/C=C/c1ccccc1)C(=O)OCC(F)(F)F. The number of hydrogen-bond acceptors (Lipinski definition) is 4. The van der Waals surface area contributed by atoms with Crippen molar-refractivity contribution in [1.29, 1.82) is 0 Å². The van der Waals surface area contributed by atoms with E-state index in [4.69, 9.17) is 0 Å². The normalized spacial score (nSPS) is 12.4. The summed E-state index contributed by atoms with van der Waals surface area (Å²) in [5.41, 5.74) is 0.651. The molecule has 0 unspecified atom stereocenters. The summed E-state index contributed by atoms with van der Waals surface area (Å²) >= 11 is 0. The number of alkyl halides is 6. The average molecular weight is 384 g/mol. The van der Waals surface area contributed by atoms with E-state index in [1.807, 2.05) is 0 Å². The first-order chi connectivity index (χ1) is 12.0. The standard InChI is InChI=1S/C16H14F6O4/c17-15(18,19)9-25-13(23)12(14(24)26-10-16(20,21)22)8-4-7-11-5-2-1-3-6-11/h1-7,12H,8-10H2/b7-4+. The third-order valence-corrected chi connectivity index (χ3v) is 2.81. The van der Waals surface area contributed by atoms with Crippen LogP contribution < -0.4 is 0 Å². The fourth-order valence-corrected chi connectivity index (χ4v) is 1.70. The molecule has 4 nitrogen and oxygen atoms in total. The minimum atomic E-state index is -4.84. The van der Waals surface area contributed by atoms with Crippen LogP contribution in [0.5, 0.6) is 0 Å². The zero-order valence-corrected chi connectivity index (χ0v) is 13.1. The second-order valence-electron chi connectivity index (χ2n) is 5.05. The molecular weight excluding hydrogens is 370 g/mol. The maximum absolute atomic E-state index is 12.1. The van der Waals surface area contributed by atoms with Gasteiger partial charge in [0.25, 0.3) is 0 Å². The van der Waals surface area contributed by atoms with Crippen LogP contribution in [-0.2, 0) is 19.1 Å². The molecule has 0 saturated carbocycles. The second kappa shape index (κ2) is 9.25.